The van der Waals surface area contributed by atoms with Crippen LogP contribution in [0, 0.1) is 6.92 Å². The highest BCUT2D eigenvalue weighted by Gasteiger charge is 2.15. The maximum absolute atomic E-state index is 4.24. The molecule has 11 heavy (non-hydrogen) atoms. The molecule has 1 N–H and O–H groups in total. The molecule has 2 rings (SSSR count). The summed E-state index contributed by atoms with van der Waals surface area (Å²) in [4.78, 5) is 4.24. The van der Waals surface area contributed by atoms with E-state index in [1.54, 1.807) is 0 Å². The van der Waals surface area contributed by atoms with Gasteiger partial charge in [0.1, 0.15) is 5.82 Å². The van der Waals surface area contributed by atoms with Gasteiger partial charge in [0.25, 0.3) is 0 Å². The van der Waals surface area contributed by atoms with E-state index in [2.05, 4.69) is 22.3 Å². The minimum atomic E-state index is 0.533. The van der Waals surface area contributed by atoms with Crippen molar-refractivity contribution in [3.8, 4) is 0 Å². The van der Waals surface area contributed by atoms with Crippen molar-refractivity contribution in [3.63, 3.8) is 0 Å². The van der Waals surface area contributed by atoms with Crippen LogP contribution in [0.25, 0.3) is 0 Å². The van der Waals surface area contributed by atoms with E-state index < -0.39 is 0 Å². The van der Waals surface area contributed by atoms with E-state index in [0.717, 1.165) is 24.7 Å². The molecule has 1 aliphatic heterocycles. The van der Waals surface area contributed by atoms with E-state index in [1.807, 2.05) is 11.6 Å². The van der Waals surface area contributed by atoms with E-state index in [-0.39, 0.29) is 0 Å². The van der Waals surface area contributed by atoms with Crippen LogP contribution in [0.2, 0.25) is 0 Å². The molecule has 1 atom stereocenters. The smallest absolute Gasteiger partial charge is 0.221 e. The molecule has 1 unspecified atom stereocenters. The zero-order valence-corrected chi connectivity index (χ0v) is 6.83. The Balaban J connectivity index is 2.34. The summed E-state index contributed by atoms with van der Waals surface area (Å²) >= 11 is 0. The largest absolute Gasteiger partial charge is 0.352 e. The van der Waals surface area contributed by atoms with Gasteiger partial charge in [0.2, 0.25) is 5.95 Å². The Morgan fingerprint density at radius 3 is 3.27 bits per heavy atom. The first-order valence-corrected chi connectivity index (χ1v) is 3.93. The molecule has 0 fully saturated rings. The standard InChI is InChI=1S/C7H12N4/c1-5-3-4-11-7(8-5)9-6(2)10-11/h5H,3-4H2,1-2H3,(H,8,9,10). The van der Waals surface area contributed by atoms with Crippen LogP contribution in [-0.4, -0.2) is 20.8 Å². The van der Waals surface area contributed by atoms with Crippen LogP contribution in [-0.2, 0) is 6.54 Å². The van der Waals surface area contributed by atoms with Crippen LogP contribution in [0.5, 0.6) is 0 Å². The Morgan fingerprint density at radius 1 is 1.64 bits per heavy atom. The number of aryl methyl sites for hydroxylation is 2. The summed E-state index contributed by atoms with van der Waals surface area (Å²) in [5.41, 5.74) is 0. The van der Waals surface area contributed by atoms with Gasteiger partial charge >= 0.3 is 0 Å². The summed E-state index contributed by atoms with van der Waals surface area (Å²) in [5, 5.41) is 7.50. The number of nitrogens with zero attached hydrogens (tertiary/aromatic N) is 3. The van der Waals surface area contributed by atoms with Crippen LogP contribution >= 0.6 is 0 Å². The van der Waals surface area contributed by atoms with Crippen LogP contribution in [0.15, 0.2) is 0 Å². The number of anilines is 1. The summed E-state index contributed by atoms with van der Waals surface area (Å²) in [5.74, 6) is 1.77. The minimum absolute atomic E-state index is 0.533. The second kappa shape index (κ2) is 2.22. The molecular weight excluding hydrogens is 140 g/mol. The summed E-state index contributed by atoms with van der Waals surface area (Å²) in [6.07, 6.45) is 1.13. The Kier molecular flexibility index (Phi) is 1.34. The monoisotopic (exact) mass is 152 g/mol. The first-order valence-electron chi connectivity index (χ1n) is 3.93. The Morgan fingerprint density at radius 2 is 2.45 bits per heavy atom. The summed E-state index contributed by atoms with van der Waals surface area (Å²) in [6, 6.07) is 0.533. The Bertz CT molecular complexity index is 265. The van der Waals surface area contributed by atoms with E-state index in [1.165, 1.54) is 0 Å². The molecule has 0 amide bonds. The van der Waals surface area contributed by atoms with Gasteiger partial charge in [-0.2, -0.15) is 10.1 Å². The number of hydrogen-bond donors (Lipinski definition) is 1. The Hall–Kier alpha value is -1.06. The van der Waals surface area contributed by atoms with Gasteiger partial charge in [-0.15, -0.1) is 0 Å². The zero-order chi connectivity index (χ0) is 7.84. The molecular formula is C7H12N4. The van der Waals surface area contributed by atoms with E-state index in [4.69, 9.17) is 0 Å². The lowest BCUT2D eigenvalue weighted by Crippen LogP contribution is -2.26. The number of aromatic nitrogens is 3. The highest BCUT2D eigenvalue weighted by atomic mass is 15.4. The third kappa shape index (κ3) is 1.08. The maximum atomic E-state index is 4.24. The molecule has 1 aliphatic rings. The van der Waals surface area contributed by atoms with Gasteiger partial charge in [-0.1, -0.05) is 0 Å². The van der Waals surface area contributed by atoms with Gasteiger partial charge in [-0.25, -0.2) is 4.68 Å². The molecule has 0 bridgehead atoms. The molecule has 0 spiro atoms. The van der Waals surface area contributed by atoms with Crippen molar-refractivity contribution >= 4 is 5.95 Å². The SMILES string of the molecule is Cc1nc2n(n1)CCC(C)N2. The summed E-state index contributed by atoms with van der Waals surface area (Å²) in [7, 11) is 0. The van der Waals surface area contributed by atoms with Crippen LogP contribution < -0.4 is 5.32 Å². The molecule has 4 nitrogen and oxygen atoms in total. The van der Waals surface area contributed by atoms with Crippen LogP contribution in [0.3, 0.4) is 0 Å². The number of fused-ring (bicyclic) bond motifs is 1. The molecule has 0 aliphatic carbocycles. The number of nitrogens with one attached hydrogen (secondary N) is 1. The second-order valence-electron chi connectivity index (χ2n) is 3.04. The van der Waals surface area contributed by atoms with Gasteiger partial charge < -0.3 is 5.32 Å². The van der Waals surface area contributed by atoms with Crippen LogP contribution in [0.1, 0.15) is 19.2 Å². The molecule has 2 heterocycles. The van der Waals surface area contributed by atoms with Gasteiger partial charge in [0, 0.05) is 12.6 Å². The van der Waals surface area contributed by atoms with Crippen molar-refractivity contribution in [2.45, 2.75) is 32.9 Å². The van der Waals surface area contributed by atoms with Crippen molar-refractivity contribution in [2.75, 3.05) is 5.32 Å². The fourth-order valence-corrected chi connectivity index (χ4v) is 1.33. The summed E-state index contributed by atoms with van der Waals surface area (Å²) < 4.78 is 1.93. The molecule has 4 heteroatoms. The van der Waals surface area contributed by atoms with Crippen molar-refractivity contribution < 1.29 is 0 Å². The quantitative estimate of drug-likeness (QED) is 0.597. The fourth-order valence-electron chi connectivity index (χ4n) is 1.33. The predicted molar refractivity (Wildman–Crippen MR) is 42.5 cm³/mol. The van der Waals surface area contributed by atoms with Crippen molar-refractivity contribution in [1.29, 1.82) is 0 Å². The lowest BCUT2D eigenvalue weighted by molar-refractivity contribution is 0.508. The average Bonchev–Trinajstić information content (AvgIpc) is 2.27. The van der Waals surface area contributed by atoms with E-state index in [0.29, 0.717) is 6.04 Å². The normalized spacial score (nSPS) is 22.5. The molecule has 0 saturated carbocycles. The molecule has 60 valence electrons. The summed E-state index contributed by atoms with van der Waals surface area (Å²) in [6.45, 7) is 5.06. The number of hydrogen-bond acceptors (Lipinski definition) is 3. The van der Waals surface area contributed by atoms with Crippen LogP contribution in [0.4, 0.5) is 5.95 Å². The molecule has 0 radical (unpaired) electrons. The lowest BCUT2D eigenvalue weighted by atomic mass is 10.2. The molecule has 0 aromatic carbocycles. The van der Waals surface area contributed by atoms with Crippen molar-refractivity contribution in [3.05, 3.63) is 5.82 Å². The van der Waals surface area contributed by atoms with E-state index >= 15 is 0 Å². The maximum Gasteiger partial charge on any atom is 0.221 e. The fraction of sp³-hybridized carbons (Fsp3) is 0.714. The highest BCUT2D eigenvalue weighted by Crippen LogP contribution is 2.14. The highest BCUT2D eigenvalue weighted by molar-refractivity contribution is 5.28. The third-order valence-corrected chi connectivity index (χ3v) is 1.93. The molecule has 1 aromatic rings. The van der Waals surface area contributed by atoms with Gasteiger partial charge in [-0.05, 0) is 20.3 Å². The van der Waals surface area contributed by atoms with Crippen molar-refractivity contribution in [1.82, 2.24) is 14.8 Å². The first-order chi connectivity index (χ1) is 5.25. The second-order valence-corrected chi connectivity index (χ2v) is 3.04. The average molecular weight is 152 g/mol. The molecule has 1 aromatic heterocycles. The topological polar surface area (TPSA) is 42.7 Å². The first kappa shape index (κ1) is 6.64. The van der Waals surface area contributed by atoms with Gasteiger partial charge in [0.05, 0.1) is 0 Å². The zero-order valence-electron chi connectivity index (χ0n) is 6.83. The predicted octanol–water partition coefficient (Wildman–Crippen LogP) is 0.791. The number of rotatable bonds is 0. The Labute approximate surface area is 65.6 Å². The minimum Gasteiger partial charge on any atom is -0.352 e. The van der Waals surface area contributed by atoms with Gasteiger partial charge in [0.15, 0.2) is 0 Å². The lowest BCUT2D eigenvalue weighted by Gasteiger charge is -2.20. The third-order valence-electron chi connectivity index (χ3n) is 1.93. The van der Waals surface area contributed by atoms with Crippen molar-refractivity contribution in [2.24, 2.45) is 0 Å². The van der Waals surface area contributed by atoms with Gasteiger partial charge in [-0.3, -0.25) is 0 Å². The molecule has 0 saturated heterocycles. The van der Waals surface area contributed by atoms with E-state index in [9.17, 15) is 0 Å².